The molecule has 1 aliphatic rings. The Morgan fingerprint density at radius 3 is 2.64 bits per heavy atom. The lowest BCUT2D eigenvalue weighted by Gasteiger charge is -2.29. The Labute approximate surface area is 170 Å². The predicted octanol–water partition coefficient (Wildman–Crippen LogP) is 3.99. The lowest BCUT2D eigenvalue weighted by molar-refractivity contribution is 0.246. The maximum atomic E-state index is 12.1. The van der Waals surface area contributed by atoms with Crippen molar-refractivity contribution in [3.05, 3.63) is 41.6 Å². The van der Waals surface area contributed by atoms with Crippen molar-refractivity contribution in [1.82, 2.24) is 15.3 Å². The lowest BCUT2D eigenvalue weighted by Crippen LogP contribution is -2.36. The minimum absolute atomic E-state index is 0.220. The molecule has 28 heavy (non-hydrogen) atoms. The van der Waals surface area contributed by atoms with Crippen molar-refractivity contribution in [3.8, 4) is 0 Å². The van der Waals surface area contributed by atoms with Gasteiger partial charge >= 0.3 is 6.03 Å². The van der Waals surface area contributed by atoms with Crippen LogP contribution in [0.15, 0.2) is 36.5 Å². The average molecular weight is 403 g/mol. The molecule has 150 valence electrons. The van der Waals surface area contributed by atoms with Gasteiger partial charge in [-0.1, -0.05) is 23.7 Å². The van der Waals surface area contributed by atoms with Gasteiger partial charge in [0.05, 0.1) is 10.7 Å². The summed E-state index contributed by atoms with van der Waals surface area (Å²) >= 11 is 6.06. The summed E-state index contributed by atoms with van der Waals surface area (Å²) in [5.41, 5.74) is 0.620. The molecule has 1 heterocycles. The van der Waals surface area contributed by atoms with E-state index in [1.165, 1.54) is 0 Å². The Morgan fingerprint density at radius 2 is 1.93 bits per heavy atom. The largest absolute Gasteiger partial charge is 0.363 e. The molecule has 3 N–H and O–H groups in total. The third kappa shape index (κ3) is 5.73. The average Bonchev–Trinajstić information content (AvgIpc) is 2.69. The number of hydrogen-bond acceptors (Lipinski definition) is 5. The minimum atomic E-state index is -0.220. The first-order chi connectivity index (χ1) is 13.5. The molecule has 0 radical (unpaired) electrons. The molecule has 7 nitrogen and oxygen atoms in total. The fourth-order valence-corrected chi connectivity index (χ4v) is 3.51. The number of anilines is 3. The van der Waals surface area contributed by atoms with Crippen LogP contribution in [0.3, 0.4) is 0 Å². The maximum absolute atomic E-state index is 12.1. The molecule has 0 saturated heterocycles. The number of nitrogens with zero attached hydrogens (tertiary/aromatic N) is 3. The number of benzene rings is 1. The Bertz CT molecular complexity index is 792. The van der Waals surface area contributed by atoms with Gasteiger partial charge in [0.1, 0.15) is 5.82 Å². The van der Waals surface area contributed by atoms with Crippen LogP contribution in [0.25, 0.3) is 0 Å². The smallest absolute Gasteiger partial charge is 0.319 e. The zero-order valence-corrected chi connectivity index (χ0v) is 17.0. The van der Waals surface area contributed by atoms with Crippen molar-refractivity contribution in [2.24, 2.45) is 5.92 Å². The van der Waals surface area contributed by atoms with Crippen LogP contribution in [0.4, 0.5) is 22.2 Å². The highest BCUT2D eigenvalue weighted by Crippen LogP contribution is 2.26. The summed E-state index contributed by atoms with van der Waals surface area (Å²) in [5, 5.41) is 9.71. The molecule has 1 fully saturated rings. The Hall–Kier alpha value is -2.54. The van der Waals surface area contributed by atoms with Crippen LogP contribution in [-0.4, -0.2) is 42.7 Å². The number of hydrogen-bond donors (Lipinski definition) is 3. The van der Waals surface area contributed by atoms with Gasteiger partial charge in [-0.15, -0.1) is 0 Å². The second-order valence-electron chi connectivity index (χ2n) is 7.31. The van der Waals surface area contributed by atoms with Gasteiger partial charge in [0.15, 0.2) is 0 Å². The molecule has 1 aliphatic carbocycles. The molecule has 1 aromatic heterocycles. The third-order valence-corrected chi connectivity index (χ3v) is 5.28. The van der Waals surface area contributed by atoms with Crippen molar-refractivity contribution in [2.75, 3.05) is 36.2 Å². The summed E-state index contributed by atoms with van der Waals surface area (Å²) in [7, 11) is 3.93. The molecular formula is C20H27ClN6O. The molecule has 2 aromatic rings. The molecule has 1 saturated carbocycles. The molecule has 1 aromatic carbocycles. The summed E-state index contributed by atoms with van der Waals surface area (Å²) in [6.07, 6.45) is 5.95. The maximum Gasteiger partial charge on any atom is 0.319 e. The van der Waals surface area contributed by atoms with Crippen molar-refractivity contribution in [1.29, 1.82) is 0 Å². The van der Waals surface area contributed by atoms with Crippen molar-refractivity contribution >= 4 is 35.1 Å². The van der Waals surface area contributed by atoms with E-state index >= 15 is 0 Å². The van der Waals surface area contributed by atoms with Crippen LogP contribution < -0.4 is 20.9 Å². The van der Waals surface area contributed by atoms with Gasteiger partial charge in [-0.3, -0.25) is 0 Å². The summed E-state index contributed by atoms with van der Waals surface area (Å²) in [6.45, 7) is 0.662. The summed E-state index contributed by atoms with van der Waals surface area (Å²) < 4.78 is 0. The van der Waals surface area contributed by atoms with E-state index in [0.717, 1.165) is 31.5 Å². The minimum Gasteiger partial charge on any atom is -0.363 e. The highest BCUT2D eigenvalue weighted by Gasteiger charge is 2.22. The molecule has 0 unspecified atom stereocenters. The molecule has 8 heteroatoms. The highest BCUT2D eigenvalue weighted by atomic mass is 35.5. The van der Waals surface area contributed by atoms with Crippen LogP contribution in [-0.2, 0) is 0 Å². The number of carbonyl (C=O) groups excluding carboxylic acids is 1. The number of rotatable bonds is 6. The van der Waals surface area contributed by atoms with Crippen LogP contribution in [0.1, 0.15) is 25.7 Å². The van der Waals surface area contributed by atoms with Crippen LogP contribution in [0.5, 0.6) is 0 Å². The number of para-hydroxylation sites is 1. The van der Waals surface area contributed by atoms with Crippen LogP contribution in [0, 0.1) is 5.92 Å². The molecule has 3 rings (SSSR count). The lowest BCUT2D eigenvalue weighted by atomic mass is 9.86. The van der Waals surface area contributed by atoms with Crippen LogP contribution >= 0.6 is 11.6 Å². The first kappa shape index (κ1) is 20.2. The van der Waals surface area contributed by atoms with E-state index < -0.39 is 0 Å². The molecule has 0 spiro atoms. The van der Waals surface area contributed by atoms with E-state index in [1.807, 2.05) is 37.2 Å². The zero-order chi connectivity index (χ0) is 19.9. The van der Waals surface area contributed by atoms with Gasteiger partial charge < -0.3 is 20.9 Å². The van der Waals surface area contributed by atoms with Gasteiger partial charge in [0.2, 0.25) is 5.95 Å². The molecule has 0 atom stereocenters. The van der Waals surface area contributed by atoms with Gasteiger partial charge in [-0.05, 0) is 49.8 Å². The first-order valence-electron chi connectivity index (χ1n) is 9.57. The number of aromatic nitrogens is 2. The summed E-state index contributed by atoms with van der Waals surface area (Å²) in [4.78, 5) is 22.9. The van der Waals surface area contributed by atoms with Gasteiger partial charge in [-0.2, -0.15) is 4.98 Å². The Kier molecular flexibility index (Phi) is 6.92. The fraction of sp³-hybridized carbons (Fsp3) is 0.450. The van der Waals surface area contributed by atoms with Crippen molar-refractivity contribution in [3.63, 3.8) is 0 Å². The summed E-state index contributed by atoms with van der Waals surface area (Å²) in [5.74, 6) is 2.04. The third-order valence-electron chi connectivity index (χ3n) is 4.95. The molecule has 0 bridgehead atoms. The number of halogens is 1. The molecule has 0 aliphatic heterocycles. The number of amides is 2. The predicted molar refractivity (Wildman–Crippen MR) is 114 cm³/mol. The van der Waals surface area contributed by atoms with Crippen molar-refractivity contribution in [2.45, 2.75) is 31.7 Å². The van der Waals surface area contributed by atoms with E-state index in [4.69, 9.17) is 11.6 Å². The van der Waals surface area contributed by atoms with E-state index in [9.17, 15) is 4.79 Å². The quantitative estimate of drug-likeness (QED) is 0.680. The van der Waals surface area contributed by atoms with Crippen molar-refractivity contribution < 1.29 is 4.79 Å². The monoisotopic (exact) mass is 402 g/mol. The Balaban J connectivity index is 1.40. The standard InChI is InChI=1S/C20H27ClN6O/c1-27(2)18-11-12-22-19(26-18)24-15-9-7-14(8-10-15)13-23-20(28)25-17-6-4-3-5-16(17)21/h3-6,11-12,14-15H,7-10,13H2,1-2H3,(H,22,24,26)(H2,23,25,28). The van der Waals surface area contributed by atoms with E-state index in [-0.39, 0.29) is 6.03 Å². The van der Waals surface area contributed by atoms with E-state index in [2.05, 4.69) is 25.9 Å². The topological polar surface area (TPSA) is 82.2 Å². The van der Waals surface area contributed by atoms with Gasteiger partial charge in [0, 0.05) is 32.9 Å². The number of urea groups is 1. The van der Waals surface area contributed by atoms with E-state index in [0.29, 0.717) is 35.2 Å². The number of nitrogens with one attached hydrogen (secondary N) is 3. The Morgan fingerprint density at radius 1 is 1.18 bits per heavy atom. The molecular weight excluding hydrogens is 376 g/mol. The SMILES string of the molecule is CN(C)c1ccnc(NC2CCC(CNC(=O)Nc3ccccc3Cl)CC2)n1. The first-order valence-corrected chi connectivity index (χ1v) is 9.95. The highest BCUT2D eigenvalue weighted by molar-refractivity contribution is 6.33. The van der Waals surface area contributed by atoms with E-state index in [1.54, 1.807) is 18.3 Å². The second kappa shape index (κ2) is 9.59. The van der Waals surface area contributed by atoms with Gasteiger partial charge in [0.25, 0.3) is 0 Å². The number of carbonyl (C=O) groups is 1. The molecule has 2 amide bonds. The van der Waals surface area contributed by atoms with Gasteiger partial charge in [-0.25, -0.2) is 9.78 Å². The second-order valence-corrected chi connectivity index (χ2v) is 7.72. The summed E-state index contributed by atoms with van der Waals surface area (Å²) in [6, 6.07) is 9.25. The normalized spacial score (nSPS) is 19.0. The van der Waals surface area contributed by atoms with Crippen LogP contribution in [0.2, 0.25) is 5.02 Å². The zero-order valence-electron chi connectivity index (χ0n) is 16.3. The fourth-order valence-electron chi connectivity index (χ4n) is 3.33.